The van der Waals surface area contributed by atoms with Crippen molar-refractivity contribution in [3.63, 3.8) is 0 Å². The molecule has 120 valence electrons. The number of halogens is 1. The summed E-state index contributed by atoms with van der Waals surface area (Å²) in [7, 11) is 3.85. The second-order valence-corrected chi connectivity index (χ2v) is 5.70. The number of pyridine rings is 1. The molecule has 23 heavy (non-hydrogen) atoms. The summed E-state index contributed by atoms with van der Waals surface area (Å²) < 4.78 is 7.68. The van der Waals surface area contributed by atoms with Crippen LogP contribution < -0.4 is 10.1 Å². The fraction of sp³-hybridized carbons (Fsp3) is 0.278. The molecule has 0 saturated carbocycles. The molecule has 2 aromatic heterocycles. The van der Waals surface area contributed by atoms with E-state index in [2.05, 4.69) is 40.1 Å². The van der Waals surface area contributed by atoms with E-state index in [1.165, 1.54) is 22.2 Å². The van der Waals surface area contributed by atoms with E-state index in [0.717, 1.165) is 24.4 Å². The average Bonchev–Trinajstić information content (AvgIpc) is 2.88. The quantitative estimate of drug-likeness (QED) is 0.784. The highest BCUT2D eigenvalue weighted by atomic mass is 35.5. The molecular formula is C18H20ClN3O. The van der Waals surface area contributed by atoms with Crippen molar-refractivity contribution >= 4 is 23.3 Å². The van der Waals surface area contributed by atoms with Crippen LogP contribution in [0.3, 0.4) is 0 Å². The molecule has 1 aliphatic heterocycles. The van der Waals surface area contributed by atoms with Crippen LogP contribution in [0, 0.1) is 0 Å². The molecular weight excluding hydrogens is 310 g/mol. The zero-order valence-electron chi connectivity index (χ0n) is 13.2. The van der Waals surface area contributed by atoms with E-state index in [4.69, 9.17) is 4.74 Å². The molecule has 0 aliphatic carbocycles. The van der Waals surface area contributed by atoms with Crippen LogP contribution in [0.4, 0.5) is 0 Å². The molecule has 3 aromatic rings. The summed E-state index contributed by atoms with van der Waals surface area (Å²) in [5.41, 5.74) is 5.04. The van der Waals surface area contributed by atoms with Gasteiger partial charge in [0.1, 0.15) is 5.75 Å². The summed E-state index contributed by atoms with van der Waals surface area (Å²) in [6.07, 6.45) is 2.89. The predicted molar refractivity (Wildman–Crippen MR) is 94.5 cm³/mol. The van der Waals surface area contributed by atoms with Crippen molar-refractivity contribution in [2.75, 3.05) is 13.7 Å². The van der Waals surface area contributed by atoms with Crippen molar-refractivity contribution in [1.29, 1.82) is 0 Å². The number of hydrogen-bond acceptors (Lipinski definition) is 3. The Morgan fingerprint density at radius 2 is 2.13 bits per heavy atom. The van der Waals surface area contributed by atoms with Gasteiger partial charge in [-0.25, -0.2) is 0 Å². The Balaban J connectivity index is 0.00000156. The molecule has 5 heteroatoms. The van der Waals surface area contributed by atoms with E-state index in [1.54, 1.807) is 7.11 Å². The minimum absolute atomic E-state index is 0. The third-order valence-electron chi connectivity index (χ3n) is 4.54. The summed E-state index contributed by atoms with van der Waals surface area (Å²) in [5.74, 6) is 0.911. The van der Waals surface area contributed by atoms with Crippen molar-refractivity contribution in [2.45, 2.75) is 12.5 Å². The zero-order valence-corrected chi connectivity index (χ0v) is 14.1. The van der Waals surface area contributed by atoms with Gasteiger partial charge >= 0.3 is 0 Å². The van der Waals surface area contributed by atoms with E-state index < -0.39 is 0 Å². The van der Waals surface area contributed by atoms with E-state index in [-0.39, 0.29) is 18.4 Å². The SMILES string of the molecule is COc1ccc2c(c1)c1c(n2C)C(c2ccccn2)NCC1.Cl. The fourth-order valence-electron chi connectivity index (χ4n) is 3.51. The van der Waals surface area contributed by atoms with Crippen molar-refractivity contribution in [1.82, 2.24) is 14.9 Å². The smallest absolute Gasteiger partial charge is 0.119 e. The molecule has 0 spiro atoms. The number of fused-ring (bicyclic) bond motifs is 3. The highest BCUT2D eigenvalue weighted by molar-refractivity contribution is 5.87. The van der Waals surface area contributed by atoms with Crippen molar-refractivity contribution in [3.05, 3.63) is 59.5 Å². The predicted octanol–water partition coefficient (Wildman–Crippen LogP) is 3.24. The molecule has 0 amide bonds. The molecule has 1 unspecified atom stereocenters. The molecule has 0 bridgehead atoms. The van der Waals surface area contributed by atoms with Crippen LogP contribution in [0.2, 0.25) is 0 Å². The summed E-state index contributed by atoms with van der Waals surface area (Å²) >= 11 is 0. The number of aromatic nitrogens is 2. The molecule has 1 N–H and O–H groups in total. The van der Waals surface area contributed by atoms with Gasteiger partial charge in [-0.3, -0.25) is 4.98 Å². The van der Waals surface area contributed by atoms with Crippen LogP contribution in [-0.2, 0) is 13.5 Å². The Kier molecular flexibility index (Phi) is 4.28. The first kappa shape index (κ1) is 15.8. The van der Waals surface area contributed by atoms with Gasteiger partial charge in [-0.05, 0) is 42.3 Å². The summed E-state index contributed by atoms with van der Waals surface area (Å²) in [6.45, 7) is 0.963. The van der Waals surface area contributed by atoms with Gasteiger partial charge < -0.3 is 14.6 Å². The van der Waals surface area contributed by atoms with Crippen LogP contribution in [0.25, 0.3) is 10.9 Å². The van der Waals surface area contributed by atoms with Crippen LogP contribution in [0.15, 0.2) is 42.6 Å². The molecule has 4 rings (SSSR count). The Hall–Kier alpha value is -2.04. The monoisotopic (exact) mass is 329 g/mol. The third-order valence-corrected chi connectivity index (χ3v) is 4.54. The number of nitrogens with zero attached hydrogens (tertiary/aromatic N) is 2. The van der Waals surface area contributed by atoms with Gasteiger partial charge in [0.15, 0.2) is 0 Å². The number of rotatable bonds is 2. The fourth-order valence-corrected chi connectivity index (χ4v) is 3.51. The lowest BCUT2D eigenvalue weighted by Crippen LogP contribution is -2.32. The highest BCUT2D eigenvalue weighted by Gasteiger charge is 2.28. The molecule has 0 radical (unpaired) electrons. The average molecular weight is 330 g/mol. The van der Waals surface area contributed by atoms with Gasteiger partial charge in [-0.15, -0.1) is 12.4 Å². The first-order valence-corrected chi connectivity index (χ1v) is 7.59. The maximum atomic E-state index is 5.40. The van der Waals surface area contributed by atoms with Gasteiger partial charge in [0.05, 0.1) is 18.8 Å². The maximum Gasteiger partial charge on any atom is 0.119 e. The second kappa shape index (κ2) is 6.22. The number of nitrogens with one attached hydrogen (secondary N) is 1. The Labute approximate surface area is 141 Å². The lowest BCUT2D eigenvalue weighted by Gasteiger charge is -2.25. The van der Waals surface area contributed by atoms with Gasteiger partial charge in [-0.1, -0.05) is 6.07 Å². The number of hydrogen-bond donors (Lipinski definition) is 1. The van der Waals surface area contributed by atoms with Gasteiger partial charge in [-0.2, -0.15) is 0 Å². The second-order valence-electron chi connectivity index (χ2n) is 5.70. The lowest BCUT2D eigenvalue weighted by atomic mass is 9.97. The largest absolute Gasteiger partial charge is 0.497 e. The Morgan fingerprint density at radius 3 is 2.87 bits per heavy atom. The topological polar surface area (TPSA) is 39.1 Å². The van der Waals surface area contributed by atoms with E-state index in [0.29, 0.717) is 0 Å². The van der Waals surface area contributed by atoms with Crippen LogP contribution in [-0.4, -0.2) is 23.2 Å². The van der Waals surface area contributed by atoms with Crippen LogP contribution >= 0.6 is 12.4 Å². The number of benzene rings is 1. The summed E-state index contributed by atoms with van der Waals surface area (Å²) in [5, 5.41) is 4.90. The van der Waals surface area contributed by atoms with Crippen molar-refractivity contribution in [2.24, 2.45) is 7.05 Å². The molecule has 1 atom stereocenters. The third kappa shape index (κ3) is 2.48. The Bertz CT molecular complexity index is 829. The zero-order chi connectivity index (χ0) is 15.1. The lowest BCUT2D eigenvalue weighted by molar-refractivity contribution is 0.415. The normalized spacial score (nSPS) is 16.7. The minimum atomic E-state index is 0. The van der Waals surface area contributed by atoms with Gasteiger partial charge in [0.2, 0.25) is 0 Å². The standard InChI is InChI=1S/C18H19N3O.ClH/c1-21-16-7-6-12(22-2)11-14(16)13-8-10-20-17(18(13)21)15-5-3-4-9-19-15;/h3-7,9,11,17,20H,8,10H2,1-2H3;1H. The maximum absolute atomic E-state index is 5.40. The van der Waals surface area contributed by atoms with Gasteiger partial charge in [0.25, 0.3) is 0 Å². The highest BCUT2D eigenvalue weighted by Crippen LogP contribution is 2.36. The minimum Gasteiger partial charge on any atom is -0.497 e. The molecule has 4 nitrogen and oxygen atoms in total. The van der Waals surface area contributed by atoms with Crippen molar-refractivity contribution < 1.29 is 4.74 Å². The van der Waals surface area contributed by atoms with E-state index >= 15 is 0 Å². The van der Waals surface area contributed by atoms with Gasteiger partial charge in [0, 0.05) is 36.4 Å². The molecule has 0 fully saturated rings. The summed E-state index contributed by atoms with van der Waals surface area (Å²) in [6, 6.07) is 12.6. The van der Waals surface area contributed by atoms with E-state index in [9.17, 15) is 0 Å². The first-order valence-electron chi connectivity index (χ1n) is 7.59. The summed E-state index contributed by atoms with van der Waals surface area (Å²) in [4.78, 5) is 4.55. The van der Waals surface area contributed by atoms with E-state index in [1.807, 2.05) is 24.4 Å². The molecule has 1 aromatic carbocycles. The number of ether oxygens (including phenoxy) is 1. The number of aryl methyl sites for hydroxylation is 1. The molecule has 0 saturated heterocycles. The van der Waals surface area contributed by atoms with Crippen molar-refractivity contribution in [3.8, 4) is 5.75 Å². The Morgan fingerprint density at radius 1 is 1.26 bits per heavy atom. The number of methoxy groups -OCH3 is 1. The van der Waals surface area contributed by atoms with Crippen LogP contribution in [0.5, 0.6) is 5.75 Å². The molecule has 3 heterocycles. The van der Waals surface area contributed by atoms with Crippen LogP contribution in [0.1, 0.15) is 23.0 Å². The first-order chi connectivity index (χ1) is 10.8. The molecule has 1 aliphatic rings.